The van der Waals surface area contributed by atoms with Crippen LogP contribution in [-0.4, -0.2) is 18.6 Å². The summed E-state index contributed by atoms with van der Waals surface area (Å²) in [6, 6.07) is 2.26. The van der Waals surface area contributed by atoms with Crippen LogP contribution in [0.4, 0.5) is 13.2 Å². The Labute approximate surface area is 92.8 Å². The first-order valence-corrected chi connectivity index (χ1v) is 4.75. The second-order valence-corrected chi connectivity index (χ2v) is 3.71. The second-order valence-electron chi connectivity index (χ2n) is 2.79. The van der Waals surface area contributed by atoms with Gasteiger partial charge in [0.15, 0.2) is 11.6 Å². The second kappa shape index (κ2) is 4.85. The number of ether oxygens (including phenoxy) is 1. The van der Waals surface area contributed by atoms with Gasteiger partial charge in [-0.05, 0) is 12.1 Å². The first kappa shape index (κ1) is 12.3. The number of alkyl halides is 2. The van der Waals surface area contributed by atoms with E-state index in [1.165, 1.54) is 6.07 Å². The number of hydrogen-bond donors (Lipinski definition) is 1. The summed E-state index contributed by atoms with van der Waals surface area (Å²) in [7, 11) is 1.15. The molecule has 0 aromatic heterocycles. The molecule has 0 radical (unpaired) electrons. The number of rotatable bonds is 3. The first-order valence-electron chi connectivity index (χ1n) is 3.96. The van der Waals surface area contributed by atoms with Gasteiger partial charge in [0.25, 0.3) is 6.43 Å². The van der Waals surface area contributed by atoms with Crippen LogP contribution in [0.2, 0.25) is 0 Å². The average molecular weight is 285 g/mol. The van der Waals surface area contributed by atoms with E-state index >= 15 is 0 Å². The zero-order valence-electron chi connectivity index (χ0n) is 7.68. The van der Waals surface area contributed by atoms with Crippen LogP contribution >= 0.6 is 15.9 Å². The fourth-order valence-corrected chi connectivity index (χ4v) is 1.60. The van der Waals surface area contributed by atoms with Gasteiger partial charge in [-0.2, -0.15) is 0 Å². The van der Waals surface area contributed by atoms with Gasteiger partial charge in [0.05, 0.1) is 7.11 Å². The molecule has 15 heavy (non-hydrogen) atoms. The maximum atomic E-state index is 13.2. The molecule has 1 N–H and O–H groups in total. The Morgan fingerprint density at radius 1 is 1.40 bits per heavy atom. The zero-order chi connectivity index (χ0) is 11.6. The van der Waals surface area contributed by atoms with Crippen LogP contribution < -0.4 is 4.74 Å². The SMILES string of the molecule is COc1c(F)cc(Br)cc1C(O)C(F)F. The highest BCUT2D eigenvalue weighted by atomic mass is 79.9. The van der Waals surface area contributed by atoms with Gasteiger partial charge in [-0.3, -0.25) is 0 Å². The van der Waals surface area contributed by atoms with Gasteiger partial charge in [-0.25, -0.2) is 13.2 Å². The largest absolute Gasteiger partial charge is 0.493 e. The third kappa shape index (κ3) is 2.63. The van der Waals surface area contributed by atoms with E-state index in [1.54, 1.807) is 0 Å². The molecule has 0 saturated heterocycles. The molecule has 0 aliphatic rings. The van der Waals surface area contributed by atoms with Crippen molar-refractivity contribution in [3.63, 3.8) is 0 Å². The van der Waals surface area contributed by atoms with E-state index in [9.17, 15) is 13.2 Å². The van der Waals surface area contributed by atoms with Gasteiger partial charge in [-0.15, -0.1) is 0 Å². The lowest BCUT2D eigenvalue weighted by atomic mass is 10.1. The highest BCUT2D eigenvalue weighted by Crippen LogP contribution is 2.34. The standard InChI is InChI=1S/C9H8BrF3O2/c1-15-8-5(7(14)9(12)13)2-4(10)3-6(8)11/h2-3,7,9,14H,1H3. The third-order valence-corrected chi connectivity index (χ3v) is 2.26. The molecule has 1 rings (SSSR count). The van der Waals surface area contributed by atoms with Crippen molar-refractivity contribution in [1.82, 2.24) is 0 Å². The molecule has 84 valence electrons. The van der Waals surface area contributed by atoms with Crippen LogP contribution in [0, 0.1) is 5.82 Å². The third-order valence-electron chi connectivity index (χ3n) is 1.80. The Morgan fingerprint density at radius 2 is 2.00 bits per heavy atom. The Balaban J connectivity index is 3.26. The zero-order valence-corrected chi connectivity index (χ0v) is 9.26. The lowest BCUT2D eigenvalue weighted by molar-refractivity contribution is -0.00726. The highest BCUT2D eigenvalue weighted by molar-refractivity contribution is 9.10. The lowest BCUT2D eigenvalue weighted by Crippen LogP contribution is -2.10. The fraction of sp³-hybridized carbons (Fsp3) is 0.333. The monoisotopic (exact) mass is 284 g/mol. The van der Waals surface area contributed by atoms with E-state index in [0.717, 1.165) is 13.2 Å². The predicted octanol–water partition coefficient (Wildman–Crippen LogP) is 2.90. The van der Waals surface area contributed by atoms with Crippen LogP contribution in [0.25, 0.3) is 0 Å². The Morgan fingerprint density at radius 3 is 2.47 bits per heavy atom. The van der Waals surface area contributed by atoms with Gasteiger partial charge in [-0.1, -0.05) is 15.9 Å². The molecular formula is C9H8BrF3O2. The lowest BCUT2D eigenvalue weighted by Gasteiger charge is -2.14. The fourth-order valence-electron chi connectivity index (χ4n) is 1.15. The van der Waals surface area contributed by atoms with Gasteiger partial charge >= 0.3 is 0 Å². The summed E-state index contributed by atoms with van der Waals surface area (Å²) in [4.78, 5) is 0. The molecule has 0 saturated carbocycles. The van der Waals surface area contributed by atoms with Crippen LogP contribution in [-0.2, 0) is 0 Å². The molecule has 0 aliphatic heterocycles. The summed E-state index contributed by atoms with van der Waals surface area (Å²) in [5.41, 5.74) is -0.278. The normalized spacial score (nSPS) is 13.0. The van der Waals surface area contributed by atoms with Crippen LogP contribution in [0.1, 0.15) is 11.7 Å². The average Bonchev–Trinajstić information content (AvgIpc) is 2.15. The van der Waals surface area contributed by atoms with Crippen LogP contribution in [0.3, 0.4) is 0 Å². The summed E-state index contributed by atoms with van der Waals surface area (Å²) in [6.45, 7) is 0. The van der Waals surface area contributed by atoms with E-state index in [2.05, 4.69) is 20.7 Å². The van der Waals surface area contributed by atoms with Crippen molar-refractivity contribution in [2.45, 2.75) is 12.5 Å². The van der Waals surface area contributed by atoms with Crippen molar-refractivity contribution >= 4 is 15.9 Å². The summed E-state index contributed by atoms with van der Waals surface area (Å²) in [5, 5.41) is 9.14. The van der Waals surface area contributed by atoms with E-state index < -0.39 is 18.3 Å². The van der Waals surface area contributed by atoms with Gasteiger partial charge in [0, 0.05) is 10.0 Å². The minimum Gasteiger partial charge on any atom is -0.493 e. The molecule has 1 aromatic carbocycles. The van der Waals surface area contributed by atoms with Crippen LogP contribution in [0.15, 0.2) is 16.6 Å². The Bertz CT molecular complexity index is 357. The molecule has 1 aromatic rings. The van der Waals surface area contributed by atoms with Crippen LogP contribution in [0.5, 0.6) is 5.75 Å². The number of methoxy groups -OCH3 is 1. The molecule has 6 heteroatoms. The highest BCUT2D eigenvalue weighted by Gasteiger charge is 2.25. The van der Waals surface area contributed by atoms with Crippen molar-refractivity contribution in [3.8, 4) is 5.75 Å². The van der Waals surface area contributed by atoms with E-state index in [0.29, 0.717) is 0 Å². The van der Waals surface area contributed by atoms with Crippen molar-refractivity contribution in [3.05, 3.63) is 28.0 Å². The Kier molecular flexibility index (Phi) is 3.98. The summed E-state index contributed by atoms with van der Waals surface area (Å²) >= 11 is 2.94. The molecule has 0 amide bonds. The number of aliphatic hydroxyl groups excluding tert-OH is 1. The minimum absolute atomic E-state index is 0.260. The maximum absolute atomic E-state index is 13.2. The van der Waals surface area contributed by atoms with Gasteiger partial charge in [0.2, 0.25) is 0 Å². The first-order chi connectivity index (χ1) is 6.97. The molecule has 1 atom stereocenters. The summed E-state index contributed by atoms with van der Waals surface area (Å²) in [6.07, 6.45) is -5.06. The number of benzene rings is 1. The Hall–Kier alpha value is -0.750. The van der Waals surface area contributed by atoms with Gasteiger partial charge < -0.3 is 9.84 Å². The molecule has 0 bridgehead atoms. The molecule has 0 spiro atoms. The molecular weight excluding hydrogens is 277 g/mol. The summed E-state index contributed by atoms with van der Waals surface area (Å²) in [5.74, 6) is -1.17. The molecule has 1 unspecified atom stereocenters. The number of halogens is 4. The van der Waals surface area contributed by atoms with E-state index in [4.69, 9.17) is 5.11 Å². The minimum atomic E-state index is -2.99. The van der Waals surface area contributed by atoms with E-state index in [-0.39, 0.29) is 15.8 Å². The molecule has 0 aliphatic carbocycles. The smallest absolute Gasteiger partial charge is 0.268 e. The molecule has 0 heterocycles. The predicted molar refractivity (Wildman–Crippen MR) is 51.6 cm³/mol. The number of aliphatic hydroxyl groups is 1. The molecule has 2 nitrogen and oxygen atoms in total. The van der Waals surface area contributed by atoms with Crippen molar-refractivity contribution < 1.29 is 23.0 Å². The topological polar surface area (TPSA) is 29.5 Å². The quantitative estimate of drug-likeness (QED) is 0.925. The number of hydrogen-bond acceptors (Lipinski definition) is 2. The van der Waals surface area contributed by atoms with E-state index in [1.807, 2.05) is 0 Å². The van der Waals surface area contributed by atoms with Crippen molar-refractivity contribution in [2.24, 2.45) is 0 Å². The maximum Gasteiger partial charge on any atom is 0.268 e. The van der Waals surface area contributed by atoms with Crippen molar-refractivity contribution in [2.75, 3.05) is 7.11 Å². The van der Waals surface area contributed by atoms with Gasteiger partial charge in [0.1, 0.15) is 6.10 Å². The summed E-state index contributed by atoms with van der Waals surface area (Å²) < 4.78 is 42.6. The van der Waals surface area contributed by atoms with Crippen molar-refractivity contribution in [1.29, 1.82) is 0 Å². The molecule has 0 fully saturated rings.